The molecule has 1 aromatic heterocycles. The molecule has 0 atom stereocenters. The molecule has 1 N–H and O–H groups in total. The number of hydrogen-bond acceptors (Lipinski definition) is 3. The quantitative estimate of drug-likeness (QED) is 0.579. The van der Waals surface area contributed by atoms with E-state index in [1.165, 1.54) is 6.26 Å². The first-order valence-corrected chi connectivity index (χ1v) is 10.2. The summed E-state index contributed by atoms with van der Waals surface area (Å²) in [7, 11) is -3.17. The summed E-state index contributed by atoms with van der Waals surface area (Å²) in [6.45, 7) is 1.95. The molecule has 0 fully saturated rings. The number of aromatic nitrogens is 2. The summed E-state index contributed by atoms with van der Waals surface area (Å²) in [5.41, 5.74) is 6.28. The van der Waals surface area contributed by atoms with Crippen molar-refractivity contribution in [2.24, 2.45) is 0 Å². The van der Waals surface area contributed by atoms with Gasteiger partial charge in [0.05, 0.1) is 15.9 Å². The summed E-state index contributed by atoms with van der Waals surface area (Å²) < 4.78 is 23.1. The van der Waals surface area contributed by atoms with E-state index in [4.69, 9.17) is 0 Å². The summed E-state index contributed by atoms with van der Waals surface area (Å²) in [6, 6.07) is 21.4. The van der Waals surface area contributed by atoms with Crippen LogP contribution in [0.15, 0.2) is 71.6 Å². The molecule has 0 saturated carbocycles. The van der Waals surface area contributed by atoms with Crippen molar-refractivity contribution in [3.8, 4) is 22.3 Å². The molecule has 26 heavy (non-hydrogen) atoms. The van der Waals surface area contributed by atoms with Crippen molar-refractivity contribution < 1.29 is 8.42 Å². The van der Waals surface area contributed by atoms with Crippen LogP contribution in [-0.4, -0.2) is 24.6 Å². The Labute approximate surface area is 152 Å². The van der Waals surface area contributed by atoms with Crippen molar-refractivity contribution in [3.05, 3.63) is 72.6 Å². The number of nitrogens with one attached hydrogen (secondary N) is 1. The van der Waals surface area contributed by atoms with Crippen molar-refractivity contribution in [3.63, 3.8) is 0 Å². The molecule has 4 nitrogen and oxygen atoms in total. The van der Waals surface area contributed by atoms with E-state index in [1.54, 1.807) is 12.1 Å². The molecule has 0 spiro atoms. The van der Waals surface area contributed by atoms with E-state index in [1.807, 2.05) is 37.3 Å². The molecule has 0 aliphatic heterocycles. The Morgan fingerprint density at radius 2 is 1.27 bits per heavy atom. The monoisotopic (exact) mass is 362 g/mol. The molecule has 1 heterocycles. The number of aromatic amines is 1. The van der Waals surface area contributed by atoms with Crippen LogP contribution in [0.3, 0.4) is 0 Å². The molecule has 0 aliphatic carbocycles. The number of nitrogens with zero attached hydrogens (tertiary/aromatic N) is 1. The van der Waals surface area contributed by atoms with Gasteiger partial charge in [-0.05, 0) is 53.4 Å². The van der Waals surface area contributed by atoms with Crippen molar-refractivity contribution in [2.45, 2.75) is 11.8 Å². The number of aryl methyl sites for hydroxylation is 1. The summed E-state index contributed by atoms with van der Waals surface area (Å²) in [5, 5.41) is 0. The predicted molar refractivity (Wildman–Crippen MR) is 105 cm³/mol. The maximum Gasteiger partial charge on any atom is 0.175 e. The average Bonchev–Trinajstić information content (AvgIpc) is 3.00. The first-order valence-electron chi connectivity index (χ1n) is 8.27. The third-order valence-electron chi connectivity index (χ3n) is 4.43. The van der Waals surface area contributed by atoms with Crippen LogP contribution in [0.1, 0.15) is 5.82 Å². The number of imidazole rings is 1. The number of hydrogen-bond donors (Lipinski definition) is 1. The molecule has 0 aliphatic rings. The van der Waals surface area contributed by atoms with Gasteiger partial charge in [0.15, 0.2) is 9.84 Å². The van der Waals surface area contributed by atoms with Crippen LogP contribution in [0, 0.1) is 6.92 Å². The van der Waals surface area contributed by atoms with Gasteiger partial charge in [-0.25, -0.2) is 13.4 Å². The summed E-state index contributed by atoms with van der Waals surface area (Å²) in [4.78, 5) is 8.02. The molecule has 0 amide bonds. The van der Waals surface area contributed by atoms with Crippen molar-refractivity contribution in [1.29, 1.82) is 0 Å². The van der Waals surface area contributed by atoms with E-state index >= 15 is 0 Å². The van der Waals surface area contributed by atoms with Gasteiger partial charge in [-0.3, -0.25) is 0 Å². The second-order valence-corrected chi connectivity index (χ2v) is 8.44. The SMILES string of the molecule is Cc1nc2ccc(-c3ccc(-c4ccc(S(C)(=O)=O)cc4)cc3)cc2[nH]1. The molecule has 4 aromatic rings. The van der Waals surface area contributed by atoms with Gasteiger partial charge in [0, 0.05) is 6.26 Å². The van der Waals surface area contributed by atoms with E-state index in [9.17, 15) is 8.42 Å². The van der Waals surface area contributed by atoms with E-state index in [2.05, 4.69) is 34.2 Å². The zero-order chi connectivity index (χ0) is 18.3. The number of fused-ring (bicyclic) bond motifs is 1. The molecule has 0 bridgehead atoms. The van der Waals surface area contributed by atoms with E-state index in [0.29, 0.717) is 4.90 Å². The first kappa shape index (κ1) is 16.5. The maximum atomic E-state index is 11.6. The van der Waals surface area contributed by atoms with E-state index in [-0.39, 0.29) is 0 Å². The van der Waals surface area contributed by atoms with Gasteiger partial charge in [-0.2, -0.15) is 0 Å². The second-order valence-electron chi connectivity index (χ2n) is 6.43. The lowest BCUT2D eigenvalue weighted by Crippen LogP contribution is -1.96. The Morgan fingerprint density at radius 3 is 1.85 bits per heavy atom. The highest BCUT2D eigenvalue weighted by Crippen LogP contribution is 2.27. The van der Waals surface area contributed by atoms with Gasteiger partial charge in [0.2, 0.25) is 0 Å². The van der Waals surface area contributed by atoms with Crippen LogP contribution in [0.4, 0.5) is 0 Å². The molecular weight excluding hydrogens is 344 g/mol. The lowest BCUT2D eigenvalue weighted by molar-refractivity contribution is 0.602. The number of H-pyrrole nitrogens is 1. The van der Waals surface area contributed by atoms with E-state index in [0.717, 1.165) is 39.1 Å². The Bertz CT molecular complexity index is 1190. The lowest BCUT2D eigenvalue weighted by atomic mass is 10.00. The van der Waals surface area contributed by atoms with Crippen LogP contribution in [0.25, 0.3) is 33.3 Å². The van der Waals surface area contributed by atoms with Crippen LogP contribution in [0.2, 0.25) is 0 Å². The van der Waals surface area contributed by atoms with Crippen LogP contribution < -0.4 is 0 Å². The predicted octanol–water partition coefficient (Wildman–Crippen LogP) is 4.61. The Morgan fingerprint density at radius 1 is 0.769 bits per heavy atom. The van der Waals surface area contributed by atoms with Crippen LogP contribution >= 0.6 is 0 Å². The summed E-state index contributed by atoms with van der Waals surface area (Å²) in [6.07, 6.45) is 1.22. The third kappa shape index (κ3) is 3.13. The topological polar surface area (TPSA) is 62.8 Å². The first-order chi connectivity index (χ1) is 12.4. The molecular formula is C21H18N2O2S. The fraction of sp³-hybridized carbons (Fsp3) is 0.0952. The fourth-order valence-corrected chi connectivity index (χ4v) is 3.70. The van der Waals surface area contributed by atoms with Crippen LogP contribution in [0.5, 0.6) is 0 Å². The molecule has 4 rings (SSSR count). The van der Waals surface area contributed by atoms with Gasteiger partial charge >= 0.3 is 0 Å². The number of sulfone groups is 1. The molecule has 130 valence electrons. The molecule has 0 saturated heterocycles. The average molecular weight is 362 g/mol. The lowest BCUT2D eigenvalue weighted by Gasteiger charge is -2.06. The van der Waals surface area contributed by atoms with Gasteiger partial charge in [0.1, 0.15) is 5.82 Å². The number of benzene rings is 3. The minimum Gasteiger partial charge on any atom is -0.342 e. The van der Waals surface area contributed by atoms with Crippen molar-refractivity contribution >= 4 is 20.9 Å². The Kier molecular flexibility index (Phi) is 3.89. The summed E-state index contributed by atoms with van der Waals surface area (Å²) in [5.74, 6) is 0.907. The second kappa shape index (κ2) is 6.11. The van der Waals surface area contributed by atoms with Crippen molar-refractivity contribution in [2.75, 3.05) is 6.26 Å². The molecule has 0 radical (unpaired) electrons. The fourth-order valence-electron chi connectivity index (χ4n) is 3.07. The summed E-state index contributed by atoms with van der Waals surface area (Å²) >= 11 is 0. The smallest absolute Gasteiger partial charge is 0.175 e. The standard InChI is InChI=1S/C21H18N2O2S/c1-14-22-20-12-9-18(13-21(20)23-14)17-5-3-15(4-6-17)16-7-10-19(11-8-16)26(2,24)25/h3-13H,1-2H3,(H,22,23). The van der Waals surface area contributed by atoms with E-state index < -0.39 is 9.84 Å². The van der Waals surface area contributed by atoms with Crippen LogP contribution in [-0.2, 0) is 9.84 Å². The molecule has 0 unspecified atom stereocenters. The Hall–Kier alpha value is -2.92. The van der Waals surface area contributed by atoms with Crippen molar-refractivity contribution in [1.82, 2.24) is 9.97 Å². The minimum absolute atomic E-state index is 0.334. The highest BCUT2D eigenvalue weighted by Gasteiger charge is 2.07. The van der Waals surface area contributed by atoms with Gasteiger partial charge in [-0.1, -0.05) is 42.5 Å². The maximum absolute atomic E-state index is 11.6. The third-order valence-corrected chi connectivity index (χ3v) is 5.56. The normalized spacial score (nSPS) is 11.8. The largest absolute Gasteiger partial charge is 0.342 e. The number of rotatable bonds is 3. The van der Waals surface area contributed by atoms with Gasteiger partial charge in [-0.15, -0.1) is 0 Å². The Balaban J connectivity index is 1.65. The zero-order valence-corrected chi connectivity index (χ0v) is 15.3. The van der Waals surface area contributed by atoms with Gasteiger partial charge in [0.25, 0.3) is 0 Å². The molecule has 5 heteroatoms. The minimum atomic E-state index is -3.17. The highest BCUT2D eigenvalue weighted by molar-refractivity contribution is 7.90. The molecule has 3 aromatic carbocycles. The van der Waals surface area contributed by atoms with Gasteiger partial charge < -0.3 is 4.98 Å². The highest BCUT2D eigenvalue weighted by atomic mass is 32.2. The zero-order valence-electron chi connectivity index (χ0n) is 14.5.